The average Bonchev–Trinajstić information content (AvgIpc) is 2.86. The summed E-state index contributed by atoms with van der Waals surface area (Å²) in [7, 11) is 5.72. The molecule has 0 saturated heterocycles. The van der Waals surface area contributed by atoms with Gasteiger partial charge in [0.1, 0.15) is 5.82 Å². The molecular formula is C16H18N4O. The van der Waals surface area contributed by atoms with E-state index in [2.05, 4.69) is 27.0 Å². The molecule has 0 spiro atoms. The van der Waals surface area contributed by atoms with E-state index in [0.717, 1.165) is 22.9 Å². The number of amides is 1. The number of anilines is 2. The number of benzene rings is 1. The first-order valence-electron chi connectivity index (χ1n) is 6.83. The second-order valence-electron chi connectivity index (χ2n) is 5.23. The number of nitrogens with zero attached hydrogens (tertiary/aromatic N) is 4. The van der Waals surface area contributed by atoms with Crippen LogP contribution in [0.15, 0.2) is 52.9 Å². The lowest BCUT2D eigenvalue weighted by atomic mass is 10.1. The van der Waals surface area contributed by atoms with Crippen molar-refractivity contribution in [1.29, 1.82) is 0 Å². The van der Waals surface area contributed by atoms with Crippen LogP contribution in [0.4, 0.5) is 11.4 Å². The van der Waals surface area contributed by atoms with E-state index in [-0.39, 0.29) is 5.91 Å². The number of para-hydroxylation sites is 2. The quantitative estimate of drug-likeness (QED) is 0.741. The summed E-state index contributed by atoms with van der Waals surface area (Å²) in [6, 6.07) is 8.22. The lowest BCUT2D eigenvalue weighted by Gasteiger charge is -2.17. The van der Waals surface area contributed by atoms with Crippen LogP contribution in [0.3, 0.4) is 0 Å². The molecule has 2 heterocycles. The van der Waals surface area contributed by atoms with Crippen molar-refractivity contribution in [3.63, 3.8) is 0 Å². The smallest absolute Gasteiger partial charge is 0.275 e. The van der Waals surface area contributed by atoms with Crippen LogP contribution < -0.4 is 9.80 Å². The van der Waals surface area contributed by atoms with Crippen molar-refractivity contribution in [2.24, 2.45) is 5.10 Å². The molecule has 0 N–H and O–H groups in total. The van der Waals surface area contributed by atoms with E-state index < -0.39 is 0 Å². The minimum absolute atomic E-state index is 0.0647. The highest BCUT2D eigenvalue weighted by Crippen LogP contribution is 2.39. The monoisotopic (exact) mass is 282 g/mol. The van der Waals surface area contributed by atoms with Crippen molar-refractivity contribution in [3.05, 3.63) is 47.8 Å². The molecule has 21 heavy (non-hydrogen) atoms. The lowest BCUT2D eigenvalue weighted by Crippen LogP contribution is -2.22. The van der Waals surface area contributed by atoms with E-state index in [9.17, 15) is 4.79 Å². The fourth-order valence-corrected chi connectivity index (χ4v) is 2.73. The van der Waals surface area contributed by atoms with Gasteiger partial charge in [0.05, 0.1) is 22.7 Å². The van der Waals surface area contributed by atoms with E-state index in [1.807, 2.05) is 45.3 Å². The molecule has 5 nitrogen and oxygen atoms in total. The molecule has 0 aromatic heterocycles. The molecule has 0 radical (unpaired) electrons. The number of carbonyl (C=O) groups is 1. The molecule has 2 aliphatic heterocycles. The van der Waals surface area contributed by atoms with Gasteiger partial charge in [-0.2, -0.15) is 5.10 Å². The maximum Gasteiger partial charge on any atom is 0.275 e. The summed E-state index contributed by atoms with van der Waals surface area (Å²) in [5.41, 5.74) is 3.71. The van der Waals surface area contributed by atoms with Crippen LogP contribution >= 0.6 is 0 Å². The van der Waals surface area contributed by atoms with Gasteiger partial charge < -0.3 is 9.80 Å². The summed E-state index contributed by atoms with van der Waals surface area (Å²) < 4.78 is 0. The zero-order valence-corrected chi connectivity index (χ0v) is 12.7. The Morgan fingerprint density at radius 2 is 1.57 bits per heavy atom. The summed E-state index contributed by atoms with van der Waals surface area (Å²) in [6.07, 6.45) is 3.81. The Labute approximate surface area is 124 Å². The van der Waals surface area contributed by atoms with Crippen molar-refractivity contribution in [3.8, 4) is 0 Å². The third-order valence-corrected chi connectivity index (χ3v) is 3.90. The molecule has 108 valence electrons. The summed E-state index contributed by atoms with van der Waals surface area (Å²) in [6.45, 7) is 1.85. The molecule has 0 fully saturated rings. The van der Waals surface area contributed by atoms with E-state index in [4.69, 9.17) is 0 Å². The second kappa shape index (κ2) is 4.77. The number of fused-ring (bicyclic) bond motifs is 1. The first-order valence-corrected chi connectivity index (χ1v) is 6.83. The number of hydrogen-bond acceptors (Lipinski definition) is 4. The summed E-state index contributed by atoms with van der Waals surface area (Å²) >= 11 is 0. The number of allylic oxidation sites excluding steroid dienone is 2. The van der Waals surface area contributed by atoms with Gasteiger partial charge in [-0.25, -0.2) is 5.01 Å². The van der Waals surface area contributed by atoms with Gasteiger partial charge in [0.2, 0.25) is 0 Å². The van der Waals surface area contributed by atoms with Gasteiger partial charge in [0, 0.05) is 21.1 Å². The van der Waals surface area contributed by atoms with Crippen molar-refractivity contribution in [2.45, 2.75) is 6.92 Å². The third-order valence-electron chi connectivity index (χ3n) is 3.90. The minimum atomic E-state index is -0.0647. The highest BCUT2D eigenvalue weighted by atomic mass is 16.2. The maximum atomic E-state index is 12.0. The Balaban J connectivity index is 1.96. The van der Waals surface area contributed by atoms with Gasteiger partial charge in [-0.3, -0.25) is 4.79 Å². The zero-order chi connectivity index (χ0) is 15.1. The maximum absolute atomic E-state index is 12.0. The van der Waals surface area contributed by atoms with Crippen LogP contribution in [-0.4, -0.2) is 37.8 Å². The standard InChI is InChI=1S/C16H18N4O/c1-11-12(16(21)20(4)17-11)9-10-15-18(2)13-7-5-6-8-14(13)19(15)3/h5-10H,1-4H3/b12-9+. The Bertz CT molecular complexity index is 671. The number of hydrazone groups is 1. The number of likely N-dealkylation sites (N-methyl/N-ethyl adjacent to an activating group) is 1. The van der Waals surface area contributed by atoms with Gasteiger partial charge in [0.25, 0.3) is 5.91 Å². The largest absolute Gasteiger partial charge is 0.329 e. The molecule has 0 atom stereocenters. The van der Waals surface area contributed by atoms with Crippen LogP contribution in [0.1, 0.15) is 6.92 Å². The van der Waals surface area contributed by atoms with E-state index in [1.165, 1.54) is 5.01 Å². The van der Waals surface area contributed by atoms with E-state index >= 15 is 0 Å². The van der Waals surface area contributed by atoms with Crippen LogP contribution in [0.25, 0.3) is 0 Å². The number of hydrogen-bond donors (Lipinski definition) is 0. The zero-order valence-electron chi connectivity index (χ0n) is 12.7. The Morgan fingerprint density at radius 1 is 1.00 bits per heavy atom. The number of rotatable bonds is 1. The third kappa shape index (κ3) is 2.01. The summed E-state index contributed by atoms with van der Waals surface area (Å²) in [5, 5.41) is 5.52. The molecule has 0 unspecified atom stereocenters. The summed E-state index contributed by atoms with van der Waals surface area (Å²) in [5.74, 6) is 0.962. The molecular weight excluding hydrogens is 264 g/mol. The van der Waals surface area contributed by atoms with Gasteiger partial charge in [-0.15, -0.1) is 0 Å². The van der Waals surface area contributed by atoms with Gasteiger partial charge in [-0.1, -0.05) is 12.1 Å². The first-order chi connectivity index (χ1) is 10.0. The normalized spacial score (nSPS) is 19.5. The molecule has 1 aromatic rings. The van der Waals surface area contributed by atoms with Crippen molar-refractivity contribution in [1.82, 2.24) is 5.01 Å². The highest BCUT2D eigenvalue weighted by molar-refractivity contribution is 6.23. The van der Waals surface area contributed by atoms with Gasteiger partial charge >= 0.3 is 0 Å². The molecule has 2 aliphatic rings. The lowest BCUT2D eigenvalue weighted by molar-refractivity contribution is -0.124. The van der Waals surface area contributed by atoms with Crippen LogP contribution in [0, 0.1) is 0 Å². The molecule has 0 saturated carbocycles. The predicted molar refractivity (Wildman–Crippen MR) is 85.3 cm³/mol. The van der Waals surface area contributed by atoms with Crippen molar-refractivity contribution < 1.29 is 4.79 Å². The minimum Gasteiger partial charge on any atom is -0.329 e. The Hall–Kier alpha value is -2.56. The molecule has 3 rings (SSSR count). The highest BCUT2D eigenvalue weighted by Gasteiger charge is 2.26. The molecule has 0 bridgehead atoms. The van der Waals surface area contributed by atoms with Crippen LogP contribution in [-0.2, 0) is 4.79 Å². The Kier molecular flexibility index (Phi) is 3.05. The second-order valence-corrected chi connectivity index (χ2v) is 5.23. The van der Waals surface area contributed by atoms with Crippen molar-refractivity contribution >= 4 is 23.0 Å². The van der Waals surface area contributed by atoms with E-state index in [1.54, 1.807) is 7.05 Å². The van der Waals surface area contributed by atoms with Gasteiger partial charge in [0.15, 0.2) is 0 Å². The SMILES string of the molecule is CC1=NN(C)C(=O)/C1=C/C=C1N(C)c2ccccc2N1C. The predicted octanol–water partition coefficient (Wildman–Crippen LogP) is 2.19. The fourth-order valence-electron chi connectivity index (χ4n) is 2.73. The molecule has 1 amide bonds. The first kappa shape index (κ1) is 13.4. The topological polar surface area (TPSA) is 39.2 Å². The van der Waals surface area contributed by atoms with Gasteiger partial charge in [-0.05, 0) is 31.2 Å². The molecule has 5 heteroatoms. The Morgan fingerprint density at radius 3 is 2.05 bits per heavy atom. The summed E-state index contributed by atoms with van der Waals surface area (Å²) in [4.78, 5) is 16.2. The fraction of sp³-hybridized carbons (Fsp3) is 0.250. The van der Waals surface area contributed by atoms with Crippen LogP contribution in [0.5, 0.6) is 0 Å². The van der Waals surface area contributed by atoms with E-state index in [0.29, 0.717) is 5.57 Å². The molecule has 0 aliphatic carbocycles. The number of carbonyl (C=O) groups excluding carboxylic acids is 1. The van der Waals surface area contributed by atoms with Crippen LogP contribution in [0.2, 0.25) is 0 Å². The van der Waals surface area contributed by atoms with Crippen molar-refractivity contribution in [2.75, 3.05) is 30.9 Å². The average molecular weight is 282 g/mol. The molecule has 1 aromatic carbocycles.